The molecule has 0 radical (unpaired) electrons. The summed E-state index contributed by atoms with van der Waals surface area (Å²) in [7, 11) is 0. The van der Waals surface area contributed by atoms with Gasteiger partial charge in [-0.1, -0.05) is 44.2 Å². The van der Waals surface area contributed by atoms with Gasteiger partial charge in [-0.25, -0.2) is 4.98 Å². The summed E-state index contributed by atoms with van der Waals surface area (Å²) in [5, 5.41) is 2.85. The van der Waals surface area contributed by atoms with E-state index in [2.05, 4.69) is 28.7 Å². The van der Waals surface area contributed by atoms with Gasteiger partial charge in [-0.3, -0.25) is 4.79 Å². The van der Waals surface area contributed by atoms with Crippen molar-refractivity contribution in [2.75, 3.05) is 0 Å². The van der Waals surface area contributed by atoms with Crippen LogP contribution in [-0.2, 0) is 17.9 Å². The van der Waals surface area contributed by atoms with Gasteiger partial charge >= 0.3 is 0 Å². The van der Waals surface area contributed by atoms with Crippen LogP contribution < -0.4 is 11.1 Å². The summed E-state index contributed by atoms with van der Waals surface area (Å²) >= 11 is 0. The summed E-state index contributed by atoms with van der Waals surface area (Å²) in [6, 6.07) is 8.69. The molecule has 0 spiro atoms. The van der Waals surface area contributed by atoms with Crippen LogP contribution in [0.2, 0.25) is 0 Å². The molecular formula is C16H22N4O. The van der Waals surface area contributed by atoms with Crippen LogP contribution >= 0.6 is 0 Å². The summed E-state index contributed by atoms with van der Waals surface area (Å²) in [6.45, 7) is 5.57. The Balaban J connectivity index is 1.94. The average Bonchev–Trinajstić information content (AvgIpc) is 2.91. The number of nitrogens with zero attached hydrogens (tertiary/aromatic N) is 2. The fraction of sp³-hybridized carbons (Fsp3) is 0.375. The molecule has 1 aromatic carbocycles. The van der Waals surface area contributed by atoms with Crippen LogP contribution in [0.25, 0.3) is 0 Å². The fourth-order valence-corrected chi connectivity index (χ4v) is 2.15. The van der Waals surface area contributed by atoms with Crippen LogP contribution in [-0.4, -0.2) is 15.5 Å². The number of imidazole rings is 1. The third kappa shape index (κ3) is 4.16. The molecule has 3 N–H and O–H groups in total. The molecule has 0 saturated carbocycles. The molecule has 0 aliphatic heterocycles. The Labute approximate surface area is 125 Å². The molecule has 1 amide bonds. The number of nitrogens with two attached hydrogens (primary N) is 1. The van der Waals surface area contributed by atoms with Crippen molar-refractivity contribution in [3.63, 3.8) is 0 Å². The van der Waals surface area contributed by atoms with Crippen molar-refractivity contribution >= 4 is 5.91 Å². The number of benzene rings is 1. The van der Waals surface area contributed by atoms with E-state index < -0.39 is 6.04 Å². The molecule has 1 atom stereocenters. The maximum absolute atomic E-state index is 12.1. The second-order valence-corrected chi connectivity index (χ2v) is 5.50. The third-order valence-corrected chi connectivity index (χ3v) is 3.23. The minimum Gasteiger partial charge on any atom is -0.347 e. The van der Waals surface area contributed by atoms with E-state index >= 15 is 0 Å². The Kier molecular flexibility index (Phi) is 5.11. The van der Waals surface area contributed by atoms with Crippen molar-refractivity contribution in [2.24, 2.45) is 11.7 Å². The number of amides is 1. The lowest BCUT2D eigenvalue weighted by Crippen LogP contribution is -2.34. The zero-order valence-electron chi connectivity index (χ0n) is 12.5. The van der Waals surface area contributed by atoms with Crippen molar-refractivity contribution in [1.29, 1.82) is 0 Å². The number of hydrogen-bond donors (Lipinski definition) is 2. The van der Waals surface area contributed by atoms with Crippen LogP contribution in [0.1, 0.15) is 31.3 Å². The minimum absolute atomic E-state index is 0.194. The van der Waals surface area contributed by atoms with Crippen LogP contribution in [0.15, 0.2) is 42.7 Å². The van der Waals surface area contributed by atoms with Crippen LogP contribution in [0.4, 0.5) is 0 Å². The van der Waals surface area contributed by atoms with Gasteiger partial charge in [0.1, 0.15) is 11.9 Å². The van der Waals surface area contributed by atoms with Crippen LogP contribution in [0.3, 0.4) is 0 Å². The monoisotopic (exact) mass is 286 g/mol. The molecule has 0 saturated heterocycles. The van der Waals surface area contributed by atoms with E-state index in [-0.39, 0.29) is 5.91 Å². The van der Waals surface area contributed by atoms with Crippen LogP contribution in [0.5, 0.6) is 0 Å². The second-order valence-electron chi connectivity index (χ2n) is 5.50. The molecule has 21 heavy (non-hydrogen) atoms. The molecule has 5 nitrogen and oxygen atoms in total. The molecule has 1 aromatic heterocycles. The SMILES string of the molecule is CC(C)Cn1ccnc1CNC(=O)C(N)c1ccccc1. The standard InChI is InChI=1S/C16H22N4O/c1-12(2)11-20-9-8-18-14(20)10-19-16(21)15(17)13-6-4-3-5-7-13/h3-9,12,15H,10-11,17H2,1-2H3,(H,19,21). The largest absolute Gasteiger partial charge is 0.347 e. The highest BCUT2D eigenvalue weighted by Crippen LogP contribution is 2.10. The Morgan fingerprint density at radius 1 is 1.33 bits per heavy atom. The maximum atomic E-state index is 12.1. The number of carbonyl (C=O) groups is 1. The van der Waals surface area contributed by atoms with E-state index in [9.17, 15) is 4.79 Å². The fourth-order valence-electron chi connectivity index (χ4n) is 2.15. The molecule has 0 bridgehead atoms. The van der Waals surface area contributed by atoms with Gasteiger partial charge in [0.15, 0.2) is 0 Å². The Bertz CT molecular complexity index is 577. The molecule has 112 valence electrons. The lowest BCUT2D eigenvalue weighted by Gasteiger charge is -2.14. The van der Waals surface area contributed by atoms with E-state index in [0.29, 0.717) is 12.5 Å². The van der Waals surface area contributed by atoms with Gasteiger partial charge < -0.3 is 15.6 Å². The van der Waals surface area contributed by atoms with E-state index in [4.69, 9.17) is 5.73 Å². The average molecular weight is 286 g/mol. The molecule has 2 aromatic rings. The molecule has 5 heteroatoms. The number of nitrogens with one attached hydrogen (secondary N) is 1. The molecule has 0 fully saturated rings. The summed E-state index contributed by atoms with van der Waals surface area (Å²) < 4.78 is 2.05. The predicted molar refractivity (Wildman–Crippen MR) is 82.3 cm³/mol. The first kappa shape index (κ1) is 15.3. The van der Waals surface area contributed by atoms with Crippen LogP contribution in [0, 0.1) is 5.92 Å². The topological polar surface area (TPSA) is 72.9 Å². The maximum Gasteiger partial charge on any atom is 0.241 e. The first-order chi connectivity index (χ1) is 10.1. The van der Waals surface area contributed by atoms with E-state index in [0.717, 1.165) is 17.9 Å². The third-order valence-electron chi connectivity index (χ3n) is 3.23. The lowest BCUT2D eigenvalue weighted by molar-refractivity contribution is -0.122. The van der Waals surface area contributed by atoms with Gasteiger partial charge in [-0.05, 0) is 11.5 Å². The highest BCUT2D eigenvalue weighted by molar-refractivity contribution is 5.82. The van der Waals surface area contributed by atoms with E-state index in [1.807, 2.05) is 36.5 Å². The zero-order valence-corrected chi connectivity index (χ0v) is 12.5. The van der Waals surface area contributed by atoms with Gasteiger partial charge in [0.25, 0.3) is 0 Å². The van der Waals surface area contributed by atoms with Crippen molar-refractivity contribution in [2.45, 2.75) is 33.0 Å². The van der Waals surface area contributed by atoms with Crippen molar-refractivity contribution in [3.8, 4) is 0 Å². The number of hydrogen-bond acceptors (Lipinski definition) is 3. The summed E-state index contributed by atoms with van der Waals surface area (Å²) in [4.78, 5) is 16.4. The second kappa shape index (κ2) is 7.04. The predicted octanol–water partition coefficient (Wildman–Crippen LogP) is 1.86. The first-order valence-electron chi connectivity index (χ1n) is 7.16. The van der Waals surface area contributed by atoms with Gasteiger partial charge in [0, 0.05) is 18.9 Å². The molecular weight excluding hydrogens is 264 g/mol. The Hall–Kier alpha value is -2.14. The lowest BCUT2D eigenvalue weighted by atomic mass is 10.1. The van der Waals surface area contributed by atoms with Crippen molar-refractivity contribution in [3.05, 3.63) is 54.1 Å². The number of rotatable bonds is 6. The first-order valence-corrected chi connectivity index (χ1v) is 7.16. The summed E-state index contributed by atoms with van der Waals surface area (Å²) in [5.74, 6) is 1.18. The van der Waals surface area contributed by atoms with Gasteiger partial charge in [0.05, 0.1) is 6.54 Å². The van der Waals surface area contributed by atoms with Gasteiger partial charge in [-0.2, -0.15) is 0 Å². The smallest absolute Gasteiger partial charge is 0.241 e. The number of aromatic nitrogens is 2. The molecule has 2 rings (SSSR count). The van der Waals surface area contributed by atoms with E-state index in [1.165, 1.54) is 0 Å². The quantitative estimate of drug-likeness (QED) is 0.851. The molecule has 1 unspecified atom stereocenters. The summed E-state index contributed by atoms with van der Waals surface area (Å²) in [6.07, 6.45) is 3.68. The highest BCUT2D eigenvalue weighted by atomic mass is 16.2. The van der Waals surface area contributed by atoms with Crippen molar-refractivity contribution in [1.82, 2.24) is 14.9 Å². The van der Waals surface area contributed by atoms with Crippen molar-refractivity contribution < 1.29 is 4.79 Å². The molecule has 1 heterocycles. The minimum atomic E-state index is -0.653. The van der Waals surface area contributed by atoms with Gasteiger partial charge in [0.2, 0.25) is 5.91 Å². The normalized spacial score (nSPS) is 12.4. The number of carbonyl (C=O) groups excluding carboxylic acids is 1. The Morgan fingerprint density at radius 2 is 2.05 bits per heavy atom. The molecule has 0 aliphatic rings. The zero-order chi connectivity index (χ0) is 15.2. The van der Waals surface area contributed by atoms with E-state index in [1.54, 1.807) is 6.20 Å². The highest BCUT2D eigenvalue weighted by Gasteiger charge is 2.15. The van der Waals surface area contributed by atoms with Gasteiger partial charge in [-0.15, -0.1) is 0 Å². The molecule has 0 aliphatic carbocycles. The summed E-state index contributed by atoms with van der Waals surface area (Å²) in [5.41, 5.74) is 6.76. The Morgan fingerprint density at radius 3 is 2.71 bits per heavy atom.